The molecule has 1 fully saturated rings. The predicted octanol–water partition coefficient (Wildman–Crippen LogP) is 4.80. The van der Waals surface area contributed by atoms with Gasteiger partial charge in [-0.3, -0.25) is 0 Å². The molecule has 1 saturated heterocycles. The van der Waals surface area contributed by atoms with Gasteiger partial charge in [0.25, 0.3) is 0 Å². The van der Waals surface area contributed by atoms with E-state index < -0.39 is 0 Å². The van der Waals surface area contributed by atoms with Gasteiger partial charge >= 0.3 is 6.03 Å². The summed E-state index contributed by atoms with van der Waals surface area (Å²) in [6.07, 6.45) is 2.82. The van der Waals surface area contributed by atoms with Gasteiger partial charge in [-0.1, -0.05) is 47.1 Å². The first kappa shape index (κ1) is 17.3. The van der Waals surface area contributed by atoms with E-state index in [0.29, 0.717) is 18.3 Å². The van der Waals surface area contributed by atoms with Crippen LogP contribution in [0.4, 0.5) is 10.5 Å². The minimum absolute atomic E-state index is 0.138. The van der Waals surface area contributed by atoms with Crippen LogP contribution in [-0.2, 0) is 0 Å². The highest BCUT2D eigenvalue weighted by molar-refractivity contribution is 5.89. The molecule has 0 unspecified atom stereocenters. The number of urea groups is 1. The van der Waals surface area contributed by atoms with Crippen molar-refractivity contribution < 1.29 is 9.32 Å². The average molecular weight is 362 g/mol. The Labute approximate surface area is 158 Å². The summed E-state index contributed by atoms with van der Waals surface area (Å²) in [7, 11) is 0. The molecular weight excluding hydrogens is 340 g/mol. The molecule has 1 N–H and O–H groups in total. The Morgan fingerprint density at radius 2 is 2.00 bits per heavy atom. The van der Waals surface area contributed by atoms with Gasteiger partial charge in [0.05, 0.1) is 0 Å². The summed E-state index contributed by atoms with van der Waals surface area (Å²) >= 11 is 0. The van der Waals surface area contributed by atoms with E-state index in [4.69, 9.17) is 4.52 Å². The standard InChI is InChI=1S/C21H22N4O2/c1-15-8-7-9-16(14-15)19-23-20(27-24-19)18-12-5-6-13-25(18)21(26)22-17-10-3-2-4-11-17/h2-4,7-11,14,18H,5-6,12-13H2,1H3,(H,22,26)/t18-/m0/s1. The molecule has 1 aliphatic rings. The maximum Gasteiger partial charge on any atom is 0.322 e. The van der Waals surface area contributed by atoms with Crippen molar-refractivity contribution in [1.29, 1.82) is 0 Å². The van der Waals surface area contributed by atoms with Crippen LogP contribution in [0.15, 0.2) is 59.1 Å². The molecule has 1 aromatic heterocycles. The maximum atomic E-state index is 12.8. The van der Waals surface area contributed by atoms with Crippen molar-refractivity contribution >= 4 is 11.7 Å². The second kappa shape index (κ2) is 7.61. The SMILES string of the molecule is Cc1cccc(-c2noc([C@@H]3CCCCN3C(=O)Nc3ccccc3)n2)c1. The average Bonchev–Trinajstić information content (AvgIpc) is 3.19. The van der Waals surface area contributed by atoms with Gasteiger partial charge in [0.15, 0.2) is 0 Å². The largest absolute Gasteiger partial charge is 0.337 e. The molecule has 138 valence electrons. The Morgan fingerprint density at radius 1 is 1.15 bits per heavy atom. The lowest BCUT2D eigenvalue weighted by atomic mass is 10.0. The quantitative estimate of drug-likeness (QED) is 0.726. The minimum atomic E-state index is -0.200. The fourth-order valence-corrected chi connectivity index (χ4v) is 3.42. The number of aryl methyl sites for hydroxylation is 1. The fourth-order valence-electron chi connectivity index (χ4n) is 3.42. The molecule has 0 aliphatic carbocycles. The number of hydrogen-bond acceptors (Lipinski definition) is 4. The Morgan fingerprint density at radius 3 is 2.81 bits per heavy atom. The number of amides is 2. The van der Waals surface area contributed by atoms with E-state index in [1.54, 1.807) is 4.90 Å². The number of piperidine rings is 1. The lowest BCUT2D eigenvalue weighted by Crippen LogP contribution is -2.41. The minimum Gasteiger partial charge on any atom is -0.337 e. The van der Waals surface area contributed by atoms with Crippen LogP contribution in [0.1, 0.15) is 36.8 Å². The van der Waals surface area contributed by atoms with Gasteiger partial charge in [0.2, 0.25) is 11.7 Å². The molecule has 2 heterocycles. The number of carbonyl (C=O) groups is 1. The van der Waals surface area contributed by atoms with Crippen LogP contribution >= 0.6 is 0 Å². The Hall–Kier alpha value is -3.15. The lowest BCUT2D eigenvalue weighted by Gasteiger charge is -2.33. The van der Waals surface area contributed by atoms with E-state index in [-0.39, 0.29) is 12.1 Å². The van der Waals surface area contributed by atoms with E-state index in [0.717, 1.165) is 36.1 Å². The van der Waals surface area contributed by atoms with E-state index >= 15 is 0 Å². The lowest BCUT2D eigenvalue weighted by molar-refractivity contribution is 0.142. The third kappa shape index (κ3) is 3.84. The summed E-state index contributed by atoms with van der Waals surface area (Å²) in [5, 5.41) is 7.09. The van der Waals surface area contributed by atoms with Crippen LogP contribution in [0.3, 0.4) is 0 Å². The normalized spacial score (nSPS) is 16.9. The molecule has 2 aromatic carbocycles. The molecule has 4 rings (SSSR count). The van der Waals surface area contributed by atoms with E-state index in [9.17, 15) is 4.79 Å². The summed E-state index contributed by atoms with van der Waals surface area (Å²) in [4.78, 5) is 19.2. The van der Waals surface area contributed by atoms with Gasteiger partial charge in [0, 0.05) is 17.8 Å². The maximum absolute atomic E-state index is 12.8. The number of benzene rings is 2. The number of para-hydroxylation sites is 1. The smallest absolute Gasteiger partial charge is 0.322 e. The fraction of sp³-hybridized carbons (Fsp3) is 0.286. The second-order valence-electron chi connectivity index (χ2n) is 6.83. The number of anilines is 1. The molecule has 3 aromatic rings. The molecule has 0 saturated carbocycles. The zero-order valence-corrected chi connectivity index (χ0v) is 15.3. The Balaban J connectivity index is 1.55. The summed E-state index contributed by atoms with van der Waals surface area (Å²) in [6.45, 7) is 2.70. The summed E-state index contributed by atoms with van der Waals surface area (Å²) in [5.41, 5.74) is 2.83. The number of nitrogens with zero attached hydrogens (tertiary/aromatic N) is 3. The number of rotatable bonds is 3. The number of likely N-dealkylation sites (tertiary alicyclic amines) is 1. The zero-order chi connectivity index (χ0) is 18.6. The van der Waals surface area contributed by atoms with Crippen LogP contribution in [-0.4, -0.2) is 27.6 Å². The first-order chi connectivity index (χ1) is 13.2. The second-order valence-corrected chi connectivity index (χ2v) is 6.83. The topological polar surface area (TPSA) is 71.3 Å². The highest BCUT2D eigenvalue weighted by atomic mass is 16.5. The molecule has 2 amide bonds. The van der Waals surface area contributed by atoms with Crippen molar-refractivity contribution in [2.24, 2.45) is 0 Å². The van der Waals surface area contributed by atoms with Crippen molar-refractivity contribution in [2.45, 2.75) is 32.2 Å². The van der Waals surface area contributed by atoms with Gasteiger partial charge in [0.1, 0.15) is 6.04 Å². The van der Waals surface area contributed by atoms with Crippen LogP contribution in [0.5, 0.6) is 0 Å². The Kier molecular flexibility index (Phi) is 4.87. The molecular formula is C21H22N4O2. The van der Waals surface area contributed by atoms with Gasteiger partial charge in [-0.05, 0) is 44.4 Å². The molecule has 0 radical (unpaired) electrons. The van der Waals surface area contributed by atoms with Crippen molar-refractivity contribution in [3.05, 3.63) is 66.1 Å². The number of carbonyl (C=O) groups excluding carboxylic acids is 1. The molecule has 6 heteroatoms. The summed E-state index contributed by atoms with van der Waals surface area (Å²) in [6, 6.07) is 17.1. The van der Waals surface area contributed by atoms with Crippen molar-refractivity contribution in [1.82, 2.24) is 15.0 Å². The van der Waals surface area contributed by atoms with Crippen LogP contribution < -0.4 is 5.32 Å². The molecule has 1 atom stereocenters. The van der Waals surface area contributed by atoms with Gasteiger partial charge in [-0.15, -0.1) is 0 Å². The van der Waals surface area contributed by atoms with E-state index in [1.807, 2.05) is 61.5 Å². The molecule has 0 spiro atoms. The van der Waals surface area contributed by atoms with Crippen molar-refractivity contribution in [2.75, 3.05) is 11.9 Å². The highest BCUT2D eigenvalue weighted by Gasteiger charge is 2.32. The summed E-state index contributed by atoms with van der Waals surface area (Å²) < 4.78 is 5.55. The first-order valence-electron chi connectivity index (χ1n) is 9.24. The molecule has 27 heavy (non-hydrogen) atoms. The van der Waals surface area contributed by atoms with Gasteiger partial charge in [-0.25, -0.2) is 4.79 Å². The number of hydrogen-bond donors (Lipinski definition) is 1. The third-order valence-corrected chi connectivity index (χ3v) is 4.79. The third-order valence-electron chi connectivity index (χ3n) is 4.79. The van der Waals surface area contributed by atoms with E-state index in [1.165, 1.54) is 0 Å². The molecule has 1 aliphatic heterocycles. The van der Waals surface area contributed by atoms with Gasteiger partial charge in [-0.2, -0.15) is 4.98 Å². The monoisotopic (exact) mass is 362 g/mol. The number of nitrogens with one attached hydrogen (secondary N) is 1. The van der Waals surface area contributed by atoms with Crippen molar-refractivity contribution in [3.8, 4) is 11.4 Å². The molecule has 6 nitrogen and oxygen atoms in total. The van der Waals surface area contributed by atoms with Crippen LogP contribution in [0.25, 0.3) is 11.4 Å². The zero-order valence-electron chi connectivity index (χ0n) is 15.3. The molecule has 0 bridgehead atoms. The van der Waals surface area contributed by atoms with Crippen LogP contribution in [0.2, 0.25) is 0 Å². The van der Waals surface area contributed by atoms with Gasteiger partial charge < -0.3 is 14.7 Å². The Bertz CT molecular complexity index is 923. The van der Waals surface area contributed by atoms with Crippen LogP contribution in [0, 0.1) is 6.92 Å². The highest BCUT2D eigenvalue weighted by Crippen LogP contribution is 2.31. The number of aromatic nitrogens is 2. The summed E-state index contributed by atoms with van der Waals surface area (Å²) in [5.74, 6) is 1.05. The predicted molar refractivity (Wildman–Crippen MR) is 103 cm³/mol. The first-order valence-corrected chi connectivity index (χ1v) is 9.24. The van der Waals surface area contributed by atoms with E-state index in [2.05, 4.69) is 15.5 Å². The van der Waals surface area contributed by atoms with Crippen molar-refractivity contribution in [3.63, 3.8) is 0 Å².